The molecule has 2 rings (SSSR count). The number of aryl methyl sites for hydroxylation is 1. The lowest BCUT2D eigenvalue weighted by Gasteiger charge is -2.28. The summed E-state index contributed by atoms with van der Waals surface area (Å²) in [6.07, 6.45) is 6.67. The lowest BCUT2D eigenvalue weighted by molar-refractivity contribution is 0.307. The molecule has 0 radical (unpaired) electrons. The topological polar surface area (TPSA) is 26.0 Å². The molecule has 16 heavy (non-hydrogen) atoms. The van der Waals surface area contributed by atoms with E-state index in [1.807, 2.05) is 0 Å². The van der Waals surface area contributed by atoms with Crippen molar-refractivity contribution < 1.29 is 0 Å². The van der Waals surface area contributed by atoms with Crippen molar-refractivity contribution in [2.24, 2.45) is 11.7 Å². The molecular formula is C14H20BrN. The van der Waals surface area contributed by atoms with E-state index in [-0.39, 0.29) is 6.04 Å². The number of nitrogens with two attached hydrogens (primary N) is 1. The predicted molar refractivity (Wildman–Crippen MR) is 72.4 cm³/mol. The third-order valence-corrected chi connectivity index (χ3v) is 4.36. The molecule has 1 aliphatic rings. The molecule has 1 fully saturated rings. The highest BCUT2D eigenvalue weighted by Crippen LogP contribution is 2.35. The fourth-order valence-corrected chi connectivity index (χ4v) is 3.41. The molecule has 1 aromatic rings. The van der Waals surface area contributed by atoms with Crippen LogP contribution in [0.15, 0.2) is 22.7 Å². The molecule has 1 aromatic carbocycles. The Kier molecular flexibility index (Phi) is 4.04. The molecule has 1 saturated carbocycles. The largest absolute Gasteiger partial charge is 0.324 e. The second-order valence-electron chi connectivity index (χ2n) is 4.95. The van der Waals surface area contributed by atoms with Crippen molar-refractivity contribution in [3.8, 4) is 0 Å². The van der Waals surface area contributed by atoms with Gasteiger partial charge in [0.15, 0.2) is 0 Å². The van der Waals surface area contributed by atoms with E-state index in [1.54, 1.807) is 0 Å². The number of benzene rings is 1. The van der Waals surface area contributed by atoms with Crippen molar-refractivity contribution in [2.75, 3.05) is 0 Å². The van der Waals surface area contributed by atoms with Crippen LogP contribution in [0.25, 0.3) is 0 Å². The van der Waals surface area contributed by atoms with Gasteiger partial charge >= 0.3 is 0 Å². The predicted octanol–water partition coefficient (Wildman–Crippen LogP) is 4.34. The first-order valence-corrected chi connectivity index (χ1v) is 6.99. The van der Waals surface area contributed by atoms with E-state index in [2.05, 4.69) is 41.1 Å². The van der Waals surface area contributed by atoms with Crippen LogP contribution in [0, 0.1) is 12.8 Å². The van der Waals surface area contributed by atoms with E-state index in [1.165, 1.54) is 47.7 Å². The lowest BCUT2D eigenvalue weighted by atomic mass is 9.81. The van der Waals surface area contributed by atoms with Gasteiger partial charge in [-0.05, 0) is 42.9 Å². The van der Waals surface area contributed by atoms with Gasteiger partial charge in [0.05, 0.1) is 0 Å². The summed E-state index contributed by atoms with van der Waals surface area (Å²) < 4.78 is 1.17. The molecule has 0 unspecified atom stereocenters. The number of hydrogen-bond acceptors (Lipinski definition) is 1. The van der Waals surface area contributed by atoms with Crippen LogP contribution in [0.2, 0.25) is 0 Å². The molecule has 0 aliphatic heterocycles. The van der Waals surface area contributed by atoms with Crippen LogP contribution in [0.1, 0.15) is 49.3 Å². The third kappa shape index (κ3) is 2.67. The fourth-order valence-electron chi connectivity index (χ4n) is 2.65. The summed E-state index contributed by atoms with van der Waals surface area (Å²) in [4.78, 5) is 0. The second kappa shape index (κ2) is 5.33. The van der Waals surface area contributed by atoms with Crippen LogP contribution < -0.4 is 5.73 Å². The average Bonchev–Trinajstić information content (AvgIpc) is 2.29. The van der Waals surface area contributed by atoms with E-state index >= 15 is 0 Å². The zero-order valence-electron chi connectivity index (χ0n) is 9.88. The Hall–Kier alpha value is -0.340. The SMILES string of the molecule is Cc1ccc([C@H](N)C2CCCCC2)c(Br)c1. The highest BCUT2D eigenvalue weighted by molar-refractivity contribution is 9.10. The minimum absolute atomic E-state index is 0.204. The second-order valence-corrected chi connectivity index (χ2v) is 5.80. The van der Waals surface area contributed by atoms with Gasteiger partial charge in [-0.2, -0.15) is 0 Å². The minimum Gasteiger partial charge on any atom is -0.324 e. The van der Waals surface area contributed by atoms with E-state index < -0.39 is 0 Å². The molecule has 2 heteroatoms. The summed E-state index contributed by atoms with van der Waals surface area (Å²) in [5, 5.41) is 0. The van der Waals surface area contributed by atoms with Gasteiger partial charge in [0.25, 0.3) is 0 Å². The van der Waals surface area contributed by atoms with Gasteiger partial charge in [-0.3, -0.25) is 0 Å². The van der Waals surface area contributed by atoms with Crippen LogP contribution >= 0.6 is 15.9 Å². The Morgan fingerprint density at radius 1 is 1.25 bits per heavy atom. The Balaban J connectivity index is 2.15. The molecule has 0 aromatic heterocycles. The maximum Gasteiger partial charge on any atom is 0.0334 e. The maximum atomic E-state index is 6.39. The molecule has 0 amide bonds. The Morgan fingerprint density at radius 3 is 2.56 bits per heavy atom. The van der Waals surface area contributed by atoms with Crippen LogP contribution in [-0.2, 0) is 0 Å². The Morgan fingerprint density at radius 2 is 1.94 bits per heavy atom. The highest BCUT2D eigenvalue weighted by atomic mass is 79.9. The molecule has 88 valence electrons. The lowest BCUT2D eigenvalue weighted by Crippen LogP contribution is -2.23. The summed E-state index contributed by atoms with van der Waals surface area (Å²) in [6.45, 7) is 2.11. The molecule has 0 bridgehead atoms. The standard InChI is InChI=1S/C14H20BrN/c1-10-7-8-12(13(15)9-10)14(16)11-5-3-2-4-6-11/h7-9,11,14H,2-6,16H2,1H3/t14-/m1/s1. The smallest absolute Gasteiger partial charge is 0.0334 e. The summed E-state index contributed by atoms with van der Waals surface area (Å²) >= 11 is 3.63. The van der Waals surface area contributed by atoms with Gasteiger partial charge in [-0.1, -0.05) is 47.3 Å². The molecule has 1 atom stereocenters. The van der Waals surface area contributed by atoms with Crippen molar-refractivity contribution in [2.45, 2.75) is 45.1 Å². The quantitative estimate of drug-likeness (QED) is 0.858. The first kappa shape index (κ1) is 12.1. The van der Waals surface area contributed by atoms with E-state index in [0.29, 0.717) is 5.92 Å². The molecule has 0 spiro atoms. The Labute approximate surface area is 107 Å². The van der Waals surface area contributed by atoms with Crippen molar-refractivity contribution in [3.05, 3.63) is 33.8 Å². The number of rotatable bonds is 2. The van der Waals surface area contributed by atoms with E-state index in [9.17, 15) is 0 Å². The molecule has 2 N–H and O–H groups in total. The van der Waals surface area contributed by atoms with E-state index in [4.69, 9.17) is 5.73 Å². The number of hydrogen-bond donors (Lipinski definition) is 1. The molecule has 0 heterocycles. The van der Waals surface area contributed by atoms with Gasteiger partial charge in [-0.15, -0.1) is 0 Å². The zero-order chi connectivity index (χ0) is 11.5. The first-order valence-electron chi connectivity index (χ1n) is 6.20. The van der Waals surface area contributed by atoms with Crippen LogP contribution in [0.5, 0.6) is 0 Å². The molecule has 1 nitrogen and oxygen atoms in total. The van der Waals surface area contributed by atoms with Crippen LogP contribution in [0.4, 0.5) is 0 Å². The summed E-state index contributed by atoms with van der Waals surface area (Å²) in [7, 11) is 0. The highest BCUT2D eigenvalue weighted by Gasteiger charge is 2.23. The zero-order valence-corrected chi connectivity index (χ0v) is 11.5. The minimum atomic E-state index is 0.204. The summed E-state index contributed by atoms with van der Waals surface area (Å²) in [5.74, 6) is 0.674. The van der Waals surface area contributed by atoms with Gasteiger partial charge in [0.1, 0.15) is 0 Å². The molecular weight excluding hydrogens is 262 g/mol. The van der Waals surface area contributed by atoms with Crippen molar-refractivity contribution in [1.29, 1.82) is 0 Å². The van der Waals surface area contributed by atoms with Gasteiger partial charge < -0.3 is 5.73 Å². The molecule has 0 saturated heterocycles. The monoisotopic (exact) mass is 281 g/mol. The first-order chi connectivity index (χ1) is 7.68. The van der Waals surface area contributed by atoms with Crippen molar-refractivity contribution in [1.82, 2.24) is 0 Å². The van der Waals surface area contributed by atoms with Gasteiger partial charge in [-0.25, -0.2) is 0 Å². The van der Waals surface area contributed by atoms with Crippen LogP contribution in [-0.4, -0.2) is 0 Å². The normalized spacial score (nSPS) is 19.7. The van der Waals surface area contributed by atoms with Gasteiger partial charge in [0.2, 0.25) is 0 Å². The summed E-state index contributed by atoms with van der Waals surface area (Å²) in [6, 6.07) is 6.70. The average molecular weight is 282 g/mol. The van der Waals surface area contributed by atoms with Gasteiger partial charge in [0, 0.05) is 10.5 Å². The van der Waals surface area contributed by atoms with Crippen molar-refractivity contribution >= 4 is 15.9 Å². The van der Waals surface area contributed by atoms with E-state index in [0.717, 1.165) is 0 Å². The summed E-state index contributed by atoms with van der Waals surface area (Å²) in [5.41, 5.74) is 8.95. The maximum absolute atomic E-state index is 6.39. The molecule has 1 aliphatic carbocycles. The van der Waals surface area contributed by atoms with Crippen molar-refractivity contribution in [3.63, 3.8) is 0 Å². The third-order valence-electron chi connectivity index (χ3n) is 3.67. The fraction of sp³-hybridized carbons (Fsp3) is 0.571. The number of halogens is 1. The van der Waals surface area contributed by atoms with Crippen LogP contribution in [0.3, 0.4) is 0 Å². The Bertz CT molecular complexity index is 356.